The molecule has 0 amide bonds. The Labute approximate surface area is 130 Å². The van der Waals surface area contributed by atoms with Crippen LogP contribution in [0.2, 0.25) is 0 Å². The number of aromatic hydroxyl groups is 1. The number of aromatic nitrogens is 3. The average molecular weight is 294 g/mol. The SMILES string of the molecule is [CH2]c1cc(C(C)(C)CC)c(-n2nc3ccccc3n2)cc1O. The molecule has 4 heteroatoms. The molecule has 4 nitrogen and oxygen atoms in total. The van der Waals surface area contributed by atoms with Crippen molar-refractivity contribution in [3.05, 3.63) is 54.4 Å². The molecule has 3 rings (SSSR count). The van der Waals surface area contributed by atoms with Crippen LogP contribution in [0.4, 0.5) is 0 Å². The van der Waals surface area contributed by atoms with E-state index in [0.717, 1.165) is 28.7 Å². The minimum absolute atomic E-state index is 0.0602. The molecular formula is C18H20N3O. The Balaban J connectivity index is 2.26. The quantitative estimate of drug-likeness (QED) is 0.794. The fourth-order valence-corrected chi connectivity index (χ4v) is 2.49. The molecule has 2 aromatic carbocycles. The van der Waals surface area contributed by atoms with Crippen LogP contribution in [0.15, 0.2) is 36.4 Å². The monoisotopic (exact) mass is 294 g/mol. The van der Waals surface area contributed by atoms with E-state index < -0.39 is 0 Å². The van der Waals surface area contributed by atoms with Gasteiger partial charge in [0.1, 0.15) is 16.8 Å². The second kappa shape index (κ2) is 5.13. The van der Waals surface area contributed by atoms with Crippen molar-refractivity contribution in [2.24, 2.45) is 0 Å². The average Bonchev–Trinajstić information content (AvgIpc) is 2.93. The number of hydrogen-bond donors (Lipinski definition) is 1. The highest BCUT2D eigenvalue weighted by Crippen LogP contribution is 2.35. The maximum atomic E-state index is 10.1. The van der Waals surface area contributed by atoms with Gasteiger partial charge in [-0.15, -0.1) is 15.0 Å². The molecule has 3 aromatic rings. The molecule has 1 heterocycles. The van der Waals surface area contributed by atoms with Gasteiger partial charge in [-0.3, -0.25) is 0 Å². The van der Waals surface area contributed by atoms with Gasteiger partial charge < -0.3 is 5.11 Å². The number of phenols is 1. The van der Waals surface area contributed by atoms with Crippen LogP contribution >= 0.6 is 0 Å². The number of fused-ring (bicyclic) bond motifs is 1. The number of hydrogen-bond acceptors (Lipinski definition) is 3. The summed E-state index contributed by atoms with van der Waals surface area (Å²) in [5.41, 5.74) is 4.11. The van der Waals surface area contributed by atoms with Crippen LogP contribution in [-0.4, -0.2) is 20.1 Å². The summed E-state index contributed by atoms with van der Waals surface area (Å²) in [6.07, 6.45) is 0.963. The predicted molar refractivity (Wildman–Crippen MR) is 88.3 cm³/mol. The number of benzene rings is 2. The van der Waals surface area contributed by atoms with Crippen molar-refractivity contribution in [2.45, 2.75) is 32.6 Å². The number of rotatable bonds is 3. The van der Waals surface area contributed by atoms with Crippen LogP contribution in [0.3, 0.4) is 0 Å². The fourth-order valence-electron chi connectivity index (χ4n) is 2.49. The molecule has 22 heavy (non-hydrogen) atoms. The van der Waals surface area contributed by atoms with E-state index in [1.165, 1.54) is 0 Å². The van der Waals surface area contributed by atoms with E-state index >= 15 is 0 Å². The number of phenolic OH excluding ortho intramolecular Hbond substituents is 1. The number of nitrogens with zero attached hydrogens (tertiary/aromatic N) is 3. The Morgan fingerprint density at radius 3 is 2.27 bits per heavy atom. The van der Waals surface area contributed by atoms with Crippen molar-refractivity contribution in [1.29, 1.82) is 0 Å². The van der Waals surface area contributed by atoms with Gasteiger partial charge >= 0.3 is 0 Å². The lowest BCUT2D eigenvalue weighted by Crippen LogP contribution is -2.19. The molecule has 0 saturated heterocycles. The lowest BCUT2D eigenvalue weighted by Gasteiger charge is -2.26. The topological polar surface area (TPSA) is 50.9 Å². The fraction of sp³-hybridized carbons (Fsp3) is 0.278. The van der Waals surface area contributed by atoms with Gasteiger partial charge in [0, 0.05) is 6.07 Å². The summed E-state index contributed by atoms with van der Waals surface area (Å²) in [5, 5.41) is 19.1. The molecule has 1 N–H and O–H groups in total. The van der Waals surface area contributed by atoms with Crippen molar-refractivity contribution in [2.75, 3.05) is 0 Å². The first-order valence-corrected chi connectivity index (χ1v) is 7.44. The van der Waals surface area contributed by atoms with Crippen LogP contribution in [0, 0.1) is 6.92 Å². The predicted octanol–water partition coefficient (Wildman–Crippen LogP) is 4.00. The largest absolute Gasteiger partial charge is 0.508 e. The normalized spacial score (nSPS) is 12.0. The minimum atomic E-state index is -0.0602. The Bertz CT molecular complexity index is 800. The maximum absolute atomic E-state index is 10.1. The highest BCUT2D eigenvalue weighted by Gasteiger charge is 2.24. The van der Waals surface area contributed by atoms with Crippen molar-refractivity contribution in [3.8, 4) is 11.4 Å². The molecule has 113 valence electrons. The van der Waals surface area contributed by atoms with Gasteiger partial charge in [-0.05, 0) is 48.1 Å². The maximum Gasteiger partial charge on any atom is 0.121 e. The molecule has 0 spiro atoms. The second-order valence-corrected chi connectivity index (χ2v) is 6.21. The molecule has 0 aliphatic rings. The van der Waals surface area contributed by atoms with Crippen molar-refractivity contribution in [3.63, 3.8) is 0 Å². The molecule has 0 fully saturated rings. The third-order valence-electron chi connectivity index (χ3n) is 4.31. The summed E-state index contributed by atoms with van der Waals surface area (Å²) in [5.74, 6) is 0.159. The summed E-state index contributed by atoms with van der Waals surface area (Å²) >= 11 is 0. The van der Waals surface area contributed by atoms with Gasteiger partial charge in [0.15, 0.2) is 0 Å². The zero-order valence-corrected chi connectivity index (χ0v) is 13.2. The Hall–Kier alpha value is -2.36. The van der Waals surface area contributed by atoms with Crippen LogP contribution in [0.5, 0.6) is 5.75 Å². The lowest BCUT2D eigenvalue weighted by atomic mass is 9.80. The minimum Gasteiger partial charge on any atom is -0.508 e. The van der Waals surface area contributed by atoms with Crippen molar-refractivity contribution >= 4 is 11.0 Å². The van der Waals surface area contributed by atoms with E-state index in [0.29, 0.717) is 5.56 Å². The molecule has 0 unspecified atom stereocenters. The lowest BCUT2D eigenvalue weighted by molar-refractivity contribution is 0.466. The molecule has 1 aromatic heterocycles. The Morgan fingerprint density at radius 2 is 1.73 bits per heavy atom. The van der Waals surface area contributed by atoms with Crippen LogP contribution in [0.1, 0.15) is 38.3 Å². The molecule has 0 saturated carbocycles. The van der Waals surface area contributed by atoms with E-state index in [-0.39, 0.29) is 11.2 Å². The Kier molecular flexibility index (Phi) is 3.39. The van der Waals surface area contributed by atoms with E-state index in [9.17, 15) is 5.11 Å². The first kappa shape index (κ1) is 14.6. The van der Waals surface area contributed by atoms with Gasteiger partial charge in [0.25, 0.3) is 0 Å². The first-order chi connectivity index (χ1) is 10.4. The third-order valence-corrected chi connectivity index (χ3v) is 4.31. The first-order valence-electron chi connectivity index (χ1n) is 7.44. The zero-order chi connectivity index (χ0) is 15.9. The second-order valence-electron chi connectivity index (χ2n) is 6.21. The van der Waals surface area contributed by atoms with Crippen LogP contribution < -0.4 is 0 Å². The van der Waals surface area contributed by atoms with Crippen molar-refractivity contribution < 1.29 is 5.11 Å². The van der Waals surface area contributed by atoms with Gasteiger partial charge in [0.2, 0.25) is 0 Å². The molecular weight excluding hydrogens is 274 g/mol. The van der Waals surface area contributed by atoms with Crippen LogP contribution in [0.25, 0.3) is 16.7 Å². The van der Waals surface area contributed by atoms with E-state index in [4.69, 9.17) is 0 Å². The summed E-state index contributed by atoms with van der Waals surface area (Å²) in [4.78, 5) is 1.61. The van der Waals surface area contributed by atoms with E-state index in [1.807, 2.05) is 30.3 Å². The van der Waals surface area contributed by atoms with E-state index in [1.54, 1.807) is 10.9 Å². The van der Waals surface area contributed by atoms with E-state index in [2.05, 4.69) is 37.9 Å². The van der Waals surface area contributed by atoms with Crippen LogP contribution in [-0.2, 0) is 5.41 Å². The van der Waals surface area contributed by atoms with Crippen molar-refractivity contribution in [1.82, 2.24) is 15.0 Å². The van der Waals surface area contributed by atoms with Gasteiger partial charge in [0.05, 0.1) is 5.69 Å². The smallest absolute Gasteiger partial charge is 0.121 e. The standard InChI is InChI=1S/C18H20N3O/c1-5-18(3,4)13-10-12(2)17(22)11-16(13)21-19-14-8-6-7-9-15(14)20-21/h6-11,22H,2,5H2,1,3-4H3. The summed E-state index contributed by atoms with van der Waals surface area (Å²) in [6.45, 7) is 10.4. The molecule has 0 aliphatic carbocycles. The molecule has 0 atom stereocenters. The third kappa shape index (κ3) is 2.34. The van der Waals surface area contributed by atoms with Gasteiger partial charge in [-0.25, -0.2) is 0 Å². The van der Waals surface area contributed by atoms with Gasteiger partial charge in [-0.1, -0.05) is 32.9 Å². The van der Waals surface area contributed by atoms with Gasteiger partial charge in [-0.2, -0.15) is 0 Å². The molecule has 1 radical (unpaired) electrons. The summed E-state index contributed by atoms with van der Waals surface area (Å²) < 4.78 is 0. The highest BCUT2D eigenvalue weighted by molar-refractivity contribution is 5.73. The summed E-state index contributed by atoms with van der Waals surface area (Å²) in [6, 6.07) is 11.4. The Morgan fingerprint density at radius 1 is 1.14 bits per heavy atom. The summed E-state index contributed by atoms with van der Waals surface area (Å²) in [7, 11) is 0. The zero-order valence-electron chi connectivity index (χ0n) is 13.2. The molecule has 0 aliphatic heterocycles. The molecule has 0 bridgehead atoms. The highest BCUT2D eigenvalue weighted by atomic mass is 16.3.